The normalized spacial score (nSPS) is 13.8. The van der Waals surface area contributed by atoms with Crippen LogP contribution in [0.25, 0.3) is 0 Å². The van der Waals surface area contributed by atoms with Crippen molar-refractivity contribution in [3.05, 3.63) is 63.7 Å². The van der Waals surface area contributed by atoms with Gasteiger partial charge in [-0.15, -0.1) is 0 Å². The summed E-state index contributed by atoms with van der Waals surface area (Å²) in [7, 11) is -4.00. The number of non-ortho nitro benzene ring substituents is 1. The van der Waals surface area contributed by atoms with Crippen molar-refractivity contribution in [3.8, 4) is 0 Å². The van der Waals surface area contributed by atoms with Crippen LogP contribution in [-0.2, 0) is 16.4 Å². The molecule has 0 spiro atoms. The third-order valence-corrected chi connectivity index (χ3v) is 5.00. The molecular formula is C15H13N3O5S. The second-order valence-corrected chi connectivity index (χ2v) is 6.92. The highest BCUT2D eigenvalue weighted by atomic mass is 32.2. The van der Waals surface area contributed by atoms with Crippen molar-refractivity contribution in [1.29, 1.82) is 0 Å². The molecule has 0 saturated heterocycles. The van der Waals surface area contributed by atoms with Gasteiger partial charge in [0.25, 0.3) is 21.6 Å². The van der Waals surface area contributed by atoms with Crippen molar-refractivity contribution in [2.24, 2.45) is 0 Å². The minimum Gasteiger partial charge on any atom is -0.352 e. The lowest BCUT2D eigenvalue weighted by atomic mass is 10.00. The molecule has 0 aliphatic carbocycles. The number of nitrogens with one attached hydrogen (secondary N) is 2. The van der Waals surface area contributed by atoms with Crippen molar-refractivity contribution in [3.63, 3.8) is 0 Å². The molecule has 0 saturated carbocycles. The van der Waals surface area contributed by atoms with E-state index in [1.54, 1.807) is 12.1 Å². The van der Waals surface area contributed by atoms with Crippen LogP contribution >= 0.6 is 0 Å². The third-order valence-electron chi connectivity index (χ3n) is 3.63. The molecule has 24 heavy (non-hydrogen) atoms. The summed E-state index contributed by atoms with van der Waals surface area (Å²) in [4.78, 5) is 21.7. The number of hydrogen-bond acceptors (Lipinski definition) is 5. The molecule has 0 unspecified atom stereocenters. The lowest BCUT2D eigenvalue weighted by Gasteiger charge is -2.17. The molecule has 2 aromatic carbocycles. The van der Waals surface area contributed by atoms with E-state index in [9.17, 15) is 23.3 Å². The number of rotatable bonds is 4. The van der Waals surface area contributed by atoms with Gasteiger partial charge in [0.15, 0.2) is 0 Å². The minimum absolute atomic E-state index is 0.220. The van der Waals surface area contributed by atoms with E-state index in [0.29, 0.717) is 18.5 Å². The van der Waals surface area contributed by atoms with Gasteiger partial charge >= 0.3 is 0 Å². The lowest BCUT2D eigenvalue weighted by Crippen LogP contribution is -2.31. The summed E-state index contributed by atoms with van der Waals surface area (Å²) in [6.45, 7) is 0.546. The molecule has 2 N–H and O–H groups in total. The van der Waals surface area contributed by atoms with Gasteiger partial charge in [0.2, 0.25) is 0 Å². The van der Waals surface area contributed by atoms with Gasteiger partial charge in [0, 0.05) is 29.9 Å². The van der Waals surface area contributed by atoms with Crippen LogP contribution in [0.2, 0.25) is 0 Å². The van der Waals surface area contributed by atoms with Gasteiger partial charge in [0.05, 0.1) is 9.82 Å². The van der Waals surface area contributed by atoms with E-state index in [-0.39, 0.29) is 22.2 Å². The van der Waals surface area contributed by atoms with Crippen LogP contribution in [0.5, 0.6) is 0 Å². The van der Waals surface area contributed by atoms with E-state index in [4.69, 9.17) is 0 Å². The van der Waals surface area contributed by atoms with Crippen LogP contribution in [0.1, 0.15) is 15.9 Å². The monoisotopic (exact) mass is 347 g/mol. The van der Waals surface area contributed by atoms with E-state index in [0.717, 1.165) is 11.6 Å². The summed E-state index contributed by atoms with van der Waals surface area (Å²) in [5, 5.41) is 13.5. The van der Waals surface area contributed by atoms with Crippen molar-refractivity contribution in [2.45, 2.75) is 11.3 Å². The molecule has 1 aliphatic heterocycles. The van der Waals surface area contributed by atoms with E-state index in [2.05, 4.69) is 10.0 Å². The number of hydrogen-bond donors (Lipinski definition) is 2. The van der Waals surface area contributed by atoms with Crippen LogP contribution < -0.4 is 10.0 Å². The van der Waals surface area contributed by atoms with Gasteiger partial charge < -0.3 is 5.32 Å². The van der Waals surface area contributed by atoms with Crippen LogP contribution in [0.3, 0.4) is 0 Å². The number of nitrogens with zero attached hydrogens (tertiary/aromatic N) is 1. The summed E-state index contributed by atoms with van der Waals surface area (Å²) in [6.07, 6.45) is 0.680. The number of fused-ring (bicyclic) bond motifs is 1. The molecule has 1 aliphatic rings. The third kappa shape index (κ3) is 3.06. The van der Waals surface area contributed by atoms with E-state index in [1.807, 2.05) is 0 Å². The summed E-state index contributed by atoms with van der Waals surface area (Å²) in [5.74, 6) is -0.257. The van der Waals surface area contributed by atoms with Gasteiger partial charge in [-0.05, 0) is 30.2 Å². The predicted molar refractivity (Wildman–Crippen MR) is 86.4 cm³/mol. The molecule has 1 amide bonds. The minimum atomic E-state index is -4.00. The van der Waals surface area contributed by atoms with Crippen LogP contribution in [0.4, 0.5) is 11.4 Å². The zero-order valence-corrected chi connectivity index (χ0v) is 13.2. The number of nitro groups is 1. The Hall–Kier alpha value is -2.94. The van der Waals surface area contributed by atoms with Crippen molar-refractivity contribution in [2.75, 3.05) is 11.3 Å². The number of nitro benzene ring substituents is 1. The first kappa shape index (κ1) is 15.9. The highest BCUT2D eigenvalue weighted by molar-refractivity contribution is 7.92. The van der Waals surface area contributed by atoms with Crippen LogP contribution in [0, 0.1) is 10.1 Å². The highest BCUT2D eigenvalue weighted by Crippen LogP contribution is 2.23. The molecule has 0 fully saturated rings. The molecular weight excluding hydrogens is 334 g/mol. The highest BCUT2D eigenvalue weighted by Gasteiger charge is 2.20. The van der Waals surface area contributed by atoms with Crippen molar-refractivity contribution >= 4 is 27.3 Å². The fourth-order valence-corrected chi connectivity index (χ4v) is 3.54. The molecule has 1 heterocycles. The fourth-order valence-electron chi connectivity index (χ4n) is 2.45. The Kier molecular flexibility index (Phi) is 3.94. The maximum absolute atomic E-state index is 12.4. The average Bonchev–Trinajstić information content (AvgIpc) is 2.55. The van der Waals surface area contributed by atoms with Crippen molar-refractivity contribution < 1.29 is 18.1 Å². The quantitative estimate of drug-likeness (QED) is 0.644. The van der Waals surface area contributed by atoms with Crippen LogP contribution in [0.15, 0.2) is 47.4 Å². The Morgan fingerprint density at radius 1 is 1.17 bits per heavy atom. The van der Waals surface area contributed by atoms with Gasteiger partial charge in [-0.1, -0.05) is 12.1 Å². The largest absolute Gasteiger partial charge is 0.352 e. The van der Waals surface area contributed by atoms with E-state index >= 15 is 0 Å². The first-order valence-electron chi connectivity index (χ1n) is 7.05. The molecule has 0 atom stereocenters. The first-order valence-corrected chi connectivity index (χ1v) is 8.53. The number of benzene rings is 2. The standard InChI is InChI=1S/C15H13N3O5S/c19-15-14-8-11(5-4-10(14)6-7-16-15)17-24(22,23)13-3-1-2-12(9-13)18(20)21/h1-5,8-9,17H,6-7H2,(H,16,19). The zero-order valence-electron chi connectivity index (χ0n) is 12.4. The number of carbonyl (C=O) groups is 1. The smallest absolute Gasteiger partial charge is 0.270 e. The van der Waals surface area contributed by atoms with Gasteiger partial charge in [-0.2, -0.15) is 0 Å². The Morgan fingerprint density at radius 3 is 2.71 bits per heavy atom. The lowest BCUT2D eigenvalue weighted by molar-refractivity contribution is -0.385. The summed E-state index contributed by atoms with van der Waals surface area (Å²) < 4.78 is 27.1. The topological polar surface area (TPSA) is 118 Å². The molecule has 0 bridgehead atoms. The molecule has 3 rings (SSSR count). The molecule has 0 aromatic heterocycles. The van der Waals surface area contributed by atoms with E-state index in [1.165, 1.54) is 24.3 Å². The maximum Gasteiger partial charge on any atom is 0.270 e. The molecule has 124 valence electrons. The predicted octanol–water partition coefficient (Wildman–Crippen LogP) is 1.68. The Balaban J connectivity index is 1.93. The Bertz CT molecular complexity index is 940. The van der Waals surface area contributed by atoms with Gasteiger partial charge in [-0.3, -0.25) is 19.6 Å². The summed E-state index contributed by atoms with van der Waals surface area (Å²) >= 11 is 0. The second kappa shape index (κ2) is 5.93. The molecule has 0 radical (unpaired) electrons. The van der Waals surface area contributed by atoms with Gasteiger partial charge in [0.1, 0.15) is 0 Å². The zero-order chi connectivity index (χ0) is 17.3. The van der Waals surface area contributed by atoms with Gasteiger partial charge in [-0.25, -0.2) is 8.42 Å². The SMILES string of the molecule is O=C1NCCc2ccc(NS(=O)(=O)c3cccc([N+](=O)[O-])c3)cc21. The van der Waals surface area contributed by atoms with Crippen molar-refractivity contribution in [1.82, 2.24) is 5.32 Å². The Morgan fingerprint density at radius 2 is 1.96 bits per heavy atom. The summed E-state index contributed by atoms with van der Waals surface area (Å²) in [5.41, 5.74) is 1.16. The molecule has 8 nitrogen and oxygen atoms in total. The molecule has 9 heteroatoms. The van der Waals surface area contributed by atoms with E-state index < -0.39 is 14.9 Å². The number of anilines is 1. The summed E-state index contributed by atoms with van der Waals surface area (Å²) in [6, 6.07) is 9.47. The molecule has 2 aromatic rings. The number of sulfonamides is 1. The first-order chi connectivity index (χ1) is 11.4. The number of amides is 1. The van der Waals surface area contributed by atoms with Crippen LogP contribution in [-0.4, -0.2) is 25.8 Å². The Labute approximate surface area is 137 Å². The number of carbonyl (C=O) groups excluding carboxylic acids is 1. The second-order valence-electron chi connectivity index (χ2n) is 5.24. The maximum atomic E-state index is 12.4. The fraction of sp³-hybridized carbons (Fsp3) is 0.133. The average molecular weight is 347 g/mol.